The van der Waals surface area contributed by atoms with E-state index in [1.807, 2.05) is 0 Å². The minimum absolute atomic E-state index is 0.193. The summed E-state index contributed by atoms with van der Waals surface area (Å²) in [7, 11) is 0. The van der Waals surface area contributed by atoms with Crippen molar-refractivity contribution in [1.29, 1.82) is 5.26 Å². The average Bonchev–Trinajstić information content (AvgIpc) is 2.27. The van der Waals surface area contributed by atoms with Crippen LogP contribution in [0.25, 0.3) is 0 Å². The summed E-state index contributed by atoms with van der Waals surface area (Å²) in [4.78, 5) is 0. The summed E-state index contributed by atoms with van der Waals surface area (Å²) in [6.07, 6.45) is 6.92. The van der Waals surface area contributed by atoms with Crippen molar-refractivity contribution < 1.29 is 0 Å². The number of rotatable bonds is 4. The first-order chi connectivity index (χ1) is 6.76. The van der Waals surface area contributed by atoms with Gasteiger partial charge in [0.25, 0.3) is 0 Å². The molecule has 80 valence electrons. The fraction of sp³-hybridized carbons (Fsp3) is 0.917. The molecular formula is C12H22N2. The molecule has 0 unspecified atom stereocenters. The highest BCUT2D eigenvalue weighted by atomic mass is 15.0. The lowest BCUT2D eigenvalue weighted by Gasteiger charge is -2.35. The number of hydrogen-bond donors (Lipinski definition) is 1. The highest BCUT2D eigenvalue weighted by Crippen LogP contribution is 2.33. The van der Waals surface area contributed by atoms with E-state index in [0.29, 0.717) is 0 Å². The van der Waals surface area contributed by atoms with Crippen LogP contribution in [-0.2, 0) is 0 Å². The third kappa shape index (κ3) is 2.72. The molecule has 0 atom stereocenters. The van der Waals surface area contributed by atoms with Gasteiger partial charge in [-0.3, -0.25) is 5.32 Å². The standard InChI is InChI=1S/C12H22N2/c1-3-9-14-12(10-13)7-5-11(4-2)6-8-12/h11,14H,3-9H2,1-2H3. The molecule has 1 fully saturated rings. The third-order valence-electron chi connectivity index (χ3n) is 3.46. The summed E-state index contributed by atoms with van der Waals surface area (Å²) in [5.74, 6) is 0.861. The van der Waals surface area contributed by atoms with Crippen LogP contribution in [0.15, 0.2) is 0 Å². The van der Waals surface area contributed by atoms with Crippen LogP contribution in [0.1, 0.15) is 52.4 Å². The van der Waals surface area contributed by atoms with E-state index < -0.39 is 0 Å². The lowest BCUT2D eigenvalue weighted by atomic mass is 9.76. The Bertz CT molecular complexity index is 197. The number of hydrogen-bond acceptors (Lipinski definition) is 2. The molecule has 0 amide bonds. The van der Waals surface area contributed by atoms with Crippen molar-refractivity contribution in [3.05, 3.63) is 0 Å². The van der Waals surface area contributed by atoms with Crippen LogP contribution >= 0.6 is 0 Å². The van der Waals surface area contributed by atoms with E-state index in [-0.39, 0.29) is 5.54 Å². The Balaban J connectivity index is 2.45. The zero-order valence-electron chi connectivity index (χ0n) is 9.47. The zero-order valence-corrected chi connectivity index (χ0v) is 9.47. The molecule has 0 saturated heterocycles. The maximum Gasteiger partial charge on any atom is 0.106 e. The van der Waals surface area contributed by atoms with Crippen molar-refractivity contribution in [2.24, 2.45) is 5.92 Å². The Hall–Kier alpha value is -0.550. The van der Waals surface area contributed by atoms with Gasteiger partial charge in [0.1, 0.15) is 5.54 Å². The topological polar surface area (TPSA) is 35.8 Å². The van der Waals surface area contributed by atoms with Crippen molar-refractivity contribution in [2.45, 2.75) is 57.9 Å². The van der Waals surface area contributed by atoms with Crippen LogP contribution in [0.2, 0.25) is 0 Å². The minimum atomic E-state index is -0.193. The summed E-state index contributed by atoms with van der Waals surface area (Å²) >= 11 is 0. The molecule has 0 heterocycles. The molecule has 1 N–H and O–H groups in total. The molecule has 0 spiro atoms. The van der Waals surface area contributed by atoms with E-state index in [1.165, 1.54) is 19.3 Å². The van der Waals surface area contributed by atoms with Crippen LogP contribution in [0.4, 0.5) is 0 Å². The molecule has 1 aliphatic carbocycles. The Morgan fingerprint density at radius 3 is 2.43 bits per heavy atom. The molecule has 0 radical (unpaired) electrons. The van der Waals surface area contributed by atoms with Crippen molar-refractivity contribution in [3.63, 3.8) is 0 Å². The SMILES string of the molecule is CCCNC1(C#N)CCC(CC)CC1. The monoisotopic (exact) mass is 194 g/mol. The molecule has 2 heteroatoms. The first kappa shape index (κ1) is 11.5. The fourth-order valence-corrected chi connectivity index (χ4v) is 2.27. The van der Waals surface area contributed by atoms with Gasteiger partial charge in [0.2, 0.25) is 0 Å². The van der Waals surface area contributed by atoms with Crippen LogP contribution < -0.4 is 5.32 Å². The third-order valence-corrected chi connectivity index (χ3v) is 3.46. The Morgan fingerprint density at radius 2 is 2.00 bits per heavy atom. The second kappa shape index (κ2) is 5.36. The second-order valence-electron chi connectivity index (χ2n) is 4.47. The van der Waals surface area contributed by atoms with Gasteiger partial charge >= 0.3 is 0 Å². The fourth-order valence-electron chi connectivity index (χ4n) is 2.27. The van der Waals surface area contributed by atoms with Gasteiger partial charge in [0, 0.05) is 0 Å². The summed E-state index contributed by atoms with van der Waals surface area (Å²) in [6, 6.07) is 2.49. The van der Waals surface area contributed by atoms with E-state index in [1.54, 1.807) is 0 Å². The van der Waals surface area contributed by atoms with E-state index in [0.717, 1.165) is 31.7 Å². The van der Waals surface area contributed by atoms with Gasteiger partial charge in [-0.15, -0.1) is 0 Å². The highest BCUT2D eigenvalue weighted by Gasteiger charge is 2.33. The molecule has 0 aromatic carbocycles. The Morgan fingerprint density at radius 1 is 1.36 bits per heavy atom. The smallest absolute Gasteiger partial charge is 0.106 e. The molecule has 2 nitrogen and oxygen atoms in total. The summed E-state index contributed by atoms with van der Waals surface area (Å²) in [6.45, 7) is 5.38. The van der Waals surface area contributed by atoms with Crippen LogP contribution in [0.3, 0.4) is 0 Å². The summed E-state index contributed by atoms with van der Waals surface area (Å²) in [5.41, 5.74) is -0.193. The molecular weight excluding hydrogens is 172 g/mol. The minimum Gasteiger partial charge on any atom is -0.299 e. The van der Waals surface area contributed by atoms with Gasteiger partial charge in [-0.05, 0) is 44.6 Å². The lowest BCUT2D eigenvalue weighted by Crippen LogP contribution is -2.47. The normalized spacial score (nSPS) is 32.5. The van der Waals surface area contributed by atoms with Gasteiger partial charge < -0.3 is 0 Å². The van der Waals surface area contributed by atoms with Crippen molar-refractivity contribution in [1.82, 2.24) is 5.32 Å². The summed E-state index contributed by atoms with van der Waals surface area (Å²) < 4.78 is 0. The van der Waals surface area contributed by atoms with Crippen LogP contribution in [-0.4, -0.2) is 12.1 Å². The highest BCUT2D eigenvalue weighted by molar-refractivity contribution is 5.09. The van der Waals surface area contributed by atoms with Gasteiger partial charge in [-0.25, -0.2) is 0 Å². The van der Waals surface area contributed by atoms with Crippen molar-refractivity contribution in [2.75, 3.05) is 6.54 Å². The van der Waals surface area contributed by atoms with Gasteiger partial charge in [-0.1, -0.05) is 20.3 Å². The van der Waals surface area contributed by atoms with E-state index >= 15 is 0 Å². The van der Waals surface area contributed by atoms with Crippen LogP contribution in [0.5, 0.6) is 0 Å². The molecule has 1 rings (SSSR count). The molecule has 14 heavy (non-hydrogen) atoms. The van der Waals surface area contributed by atoms with E-state index in [4.69, 9.17) is 0 Å². The van der Waals surface area contributed by atoms with E-state index in [2.05, 4.69) is 25.2 Å². The summed E-state index contributed by atoms with van der Waals surface area (Å²) in [5, 5.41) is 12.6. The molecule has 1 saturated carbocycles. The predicted octanol–water partition coefficient (Wildman–Crippen LogP) is 2.85. The number of nitrogens with one attached hydrogen (secondary N) is 1. The first-order valence-electron chi connectivity index (χ1n) is 5.92. The zero-order chi connectivity index (χ0) is 10.4. The van der Waals surface area contributed by atoms with Crippen molar-refractivity contribution in [3.8, 4) is 6.07 Å². The maximum absolute atomic E-state index is 9.21. The predicted molar refractivity (Wildman–Crippen MR) is 58.9 cm³/mol. The molecule has 1 aliphatic rings. The van der Waals surface area contributed by atoms with Gasteiger partial charge in [-0.2, -0.15) is 5.26 Å². The Kier molecular flexibility index (Phi) is 4.41. The molecule has 0 aromatic rings. The second-order valence-corrected chi connectivity index (χ2v) is 4.47. The lowest BCUT2D eigenvalue weighted by molar-refractivity contribution is 0.235. The first-order valence-corrected chi connectivity index (χ1v) is 5.92. The largest absolute Gasteiger partial charge is 0.299 e. The Labute approximate surface area is 87.7 Å². The molecule has 0 aromatic heterocycles. The molecule has 0 aliphatic heterocycles. The van der Waals surface area contributed by atoms with Crippen LogP contribution in [0, 0.1) is 17.2 Å². The van der Waals surface area contributed by atoms with E-state index in [9.17, 15) is 5.26 Å². The average molecular weight is 194 g/mol. The van der Waals surface area contributed by atoms with Gasteiger partial charge in [0.05, 0.1) is 6.07 Å². The van der Waals surface area contributed by atoms with Gasteiger partial charge in [0.15, 0.2) is 0 Å². The number of nitriles is 1. The maximum atomic E-state index is 9.21. The quantitative estimate of drug-likeness (QED) is 0.747. The molecule has 0 bridgehead atoms. The van der Waals surface area contributed by atoms with Crippen molar-refractivity contribution >= 4 is 0 Å². The number of nitrogens with zero attached hydrogens (tertiary/aromatic N) is 1.